The van der Waals surface area contributed by atoms with Crippen molar-refractivity contribution in [1.29, 1.82) is 0 Å². The molecule has 5 rings (SSSR count). The van der Waals surface area contributed by atoms with Gasteiger partial charge in [0.05, 0.1) is 6.33 Å². The molecule has 2 bridgehead atoms. The molecule has 0 radical (unpaired) electrons. The minimum atomic E-state index is -1.21. The van der Waals surface area contributed by atoms with Crippen LogP contribution < -0.4 is 15.4 Å². The zero-order valence-corrected chi connectivity index (χ0v) is 18.9. The minimum absolute atomic E-state index is 0.0218. The van der Waals surface area contributed by atoms with Crippen LogP contribution in [0.25, 0.3) is 0 Å². The second kappa shape index (κ2) is 10.1. The van der Waals surface area contributed by atoms with Gasteiger partial charge >= 0.3 is 6.09 Å². The van der Waals surface area contributed by atoms with Crippen molar-refractivity contribution in [3.05, 3.63) is 41.7 Å². The van der Waals surface area contributed by atoms with Crippen LogP contribution in [-0.2, 0) is 14.9 Å². The molecule has 33 heavy (non-hydrogen) atoms. The molecule has 7 nitrogen and oxygen atoms in total. The van der Waals surface area contributed by atoms with Crippen molar-refractivity contribution in [1.82, 2.24) is 10.6 Å². The van der Waals surface area contributed by atoms with Crippen LogP contribution in [0.4, 0.5) is 9.18 Å². The van der Waals surface area contributed by atoms with Crippen molar-refractivity contribution in [2.45, 2.75) is 62.8 Å². The highest BCUT2D eigenvalue weighted by molar-refractivity contribution is 5.83. The zero-order chi connectivity index (χ0) is 23.3. The second-order valence-corrected chi connectivity index (χ2v) is 9.66. The SMILES string of the molecule is O=C(O)NC/C(=C/F)COc1ccc(C23CCC(C(=O)NC4CCOCC4)(CC2)CC3)cc1. The van der Waals surface area contributed by atoms with Crippen LogP contribution in [0.15, 0.2) is 36.2 Å². The van der Waals surface area contributed by atoms with Gasteiger partial charge in [0.25, 0.3) is 0 Å². The molecule has 3 N–H and O–H groups in total. The Labute approximate surface area is 193 Å². The first-order valence-electron chi connectivity index (χ1n) is 11.8. The summed E-state index contributed by atoms with van der Waals surface area (Å²) in [4.78, 5) is 23.7. The van der Waals surface area contributed by atoms with E-state index in [4.69, 9.17) is 14.6 Å². The van der Waals surface area contributed by atoms with Crippen LogP contribution >= 0.6 is 0 Å². The number of amides is 2. The summed E-state index contributed by atoms with van der Waals surface area (Å²) in [5.74, 6) is 0.849. The van der Waals surface area contributed by atoms with E-state index in [1.807, 2.05) is 12.1 Å². The lowest BCUT2D eigenvalue weighted by Crippen LogP contribution is -2.54. The van der Waals surface area contributed by atoms with E-state index in [1.54, 1.807) is 0 Å². The van der Waals surface area contributed by atoms with Crippen LogP contribution in [0.5, 0.6) is 5.75 Å². The van der Waals surface area contributed by atoms with Gasteiger partial charge in [-0.05, 0) is 74.5 Å². The molecule has 4 fully saturated rings. The number of fused-ring (bicyclic) bond motifs is 3. The fourth-order valence-corrected chi connectivity index (χ4v) is 5.53. The van der Waals surface area contributed by atoms with E-state index in [0.29, 0.717) is 12.1 Å². The number of carbonyl (C=O) groups excluding carboxylic acids is 1. The first kappa shape index (κ1) is 23.5. The molecule has 8 heteroatoms. The standard InChI is InChI=1S/C25H33FN2O5/c26-15-18(16-27-23(30)31)17-33-21-3-1-19(2-4-21)24-7-10-25(11-8-24,12-9-24)22(29)28-20-5-13-32-14-6-20/h1-4,15,20,27H,5-14,16-17H2,(H,28,29)(H,30,31)/b18-15-. The molecule has 180 valence electrons. The van der Waals surface area contributed by atoms with Crippen LogP contribution in [0, 0.1) is 5.41 Å². The van der Waals surface area contributed by atoms with Gasteiger partial charge < -0.3 is 25.2 Å². The van der Waals surface area contributed by atoms with Gasteiger partial charge in [0.2, 0.25) is 5.91 Å². The summed E-state index contributed by atoms with van der Waals surface area (Å²) in [6.45, 7) is 1.32. The molecule has 3 aliphatic carbocycles. The maximum absolute atomic E-state index is 13.1. The smallest absolute Gasteiger partial charge is 0.404 e. The summed E-state index contributed by atoms with van der Waals surface area (Å²) in [6.07, 6.45) is 6.74. The summed E-state index contributed by atoms with van der Waals surface area (Å²) in [6, 6.07) is 8.17. The molecule has 4 aliphatic rings. The topological polar surface area (TPSA) is 96.9 Å². The highest BCUT2D eigenvalue weighted by Gasteiger charge is 2.53. The molecular weight excluding hydrogens is 427 g/mol. The average Bonchev–Trinajstić information content (AvgIpc) is 2.86. The summed E-state index contributed by atoms with van der Waals surface area (Å²) >= 11 is 0. The lowest BCUT2D eigenvalue weighted by molar-refractivity contribution is -0.139. The van der Waals surface area contributed by atoms with Gasteiger partial charge in [-0.1, -0.05) is 12.1 Å². The third kappa shape index (κ3) is 5.32. The van der Waals surface area contributed by atoms with Gasteiger partial charge in [0.15, 0.2) is 0 Å². The Morgan fingerprint density at radius 3 is 2.30 bits per heavy atom. The number of nitrogens with one attached hydrogen (secondary N) is 2. The number of halogens is 1. The molecular formula is C25H33FN2O5. The first-order valence-corrected chi connectivity index (χ1v) is 11.8. The van der Waals surface area contributed by atoms with E-state index in [9.17, 15) is 14.0 Å². The number of hydrogen-bond acceptors (Lipinski definition) is 4. The fourth-order valence-electron chi connectivity index (χ4n) is 5.53. The molecule has 1 aromatic rings. The van der Waals surface area contributed by atoms with Gasteiger partial charge in [-0.2, -0.15) is 0 Å². The Balaban J connectivity index is 1.31. The summed E-state index contributed by atoms with van der Waals surface area (Å²) < 4.78 is 24.0. The molecule has 1 saturated heterocycles. The van der Waals surface area contributed by atoms with E-state index < -0.39 is 6.09 Å². The summed E-state index contributed by atoms with van der Waals surface area (Å²) in [7, 11) is 0. The second-order valence-electron chi connectivity index (χ2n) is 9.66. The van der Waals surface area contributed by atoms with E-state index in [0.717, 1.165) is 64.6 Å². The molecule has 0 aromatic heterocycles. The van der Waals surface area contributed by atoms with Gasteiger partial charge in [-0.3, -0.25) is 4.79 Å². The molecule has 1 aliphatic heterocycles. The van der Waals surface area contributed by atoms with Gasteiger partial charge in [-0.25, -0.2) is 9.18 Å². The Bertz CT molecular complexity index is 855. The number of rotatable bonds is 8. The molecule has 2 amide bonds. The third-order valence-electron chi connectivity index (χ3n) is 7.80. The Kier molecular flexibility index (Phi) is 7.22. The van der Waals surface area contributed by atoms with Crippen molar-refractivity contribution in [2.75, 3.05) is 26.4 Å². The highest BCUT2D eigenvalue weighted by Crippen LogP contribution is 2.58. The van der Waals surface area contributed by atoms with Crippen molar-refractivity contribution in [3.63, 3.8) is 0 Å². The van der Waals surface area contributed by atoms with E-state index in [1.165, 1.54) is 5.56 Å². The lowest BCUT2D eigenvalue weighted by Gasteiger charge is -2.53. The van der Waals surface area contributed by atoms with Crippen LogP contribution in [0.2, 0.25) is 0 Å². The summed E-state index contributed by atoms with van der Waals surface area (Å²) in [5.41, 5.74) is 1.37. The van der Waals surface area contributed by atoms with Crippen molar-refractivity contribution >= 4 is 12.0 Å². The van der Waals surface area contributed by atoms with Crippen LogP contribution in [-0.4, -0.2) is 49.5 Å². The average molecular weight is 461 g/mol. The molecule has 0 spiro atoms. The quantitative estimate of drug-likeness (QED) is 0.543. The minimum Gasteiger partial charge on any atom is -0.489 e. The Morgan fingerprint density at radius 2 is 1.73 bits per heavy atom. The fraction of sp³-hybridized carbons (Fsp3) is 0.600. The number of ether oxygens (including phenoxy) is 2. The number of benzene rings is 1. The maximum atomic E-state index is 13.1. The lowest BCUT2D eigenvalue weighted by atomic mass is 9.51. The van der Waals surface area contributed by atoms with E-state index >= 15 is 0 Å². The third-order valence-corrected chi connectivity index (χ3v) is 7.80. The van der Waals surface area contributed by atoms with Crippen LogP contribution in [0.1, 0.15) is 56.9 Å². The number of carbonyl (C=O) groups is 2. The first-order chi connectivity index (χ1) is 15.9. The van der Waals surface area contributed by atoms with E-state index in [-0.39, 0.29) is 41.5 Å². The molecule has 0 atom stereocenters. The molecule has 1 heterocycles. The molecule has 1 aromatic carbocycles. The maximum Gasteiger partial charge on any atom is 0.404 e. The summed E-state index contributed by atoms with van der Waals surface area (Å²) in [5, 5.41) is 14.1. The van der Waals surface area contributed by atoms with E-state index in [2.05, 4.69) is 22.8 Å². The van der Waals surface area contributed by atoms with Gasteiger partial charge in [0, 0.05) is 36.8 Å². The molecule has 0 unspecified atom stereocenters. The normalized spacial score (nSPS) is 27.7. The van der Waals surface area contributed by atoms with Crippen molar-refractivity contribution in [2.24, 2.45) is 5.41 Å². The highest BCUT2D eigenvalue weighted by atomic mass is 19.1. The largest absolute Gasteiger partial charge is 0.489 e. The van der Waals surface area contributed by atoms with Gasteiger partial charge in [-0.15, -0.1) is 0 Å². The van der Waals surface area contributed by atoms with Gasteiger partial charge in [0.1, 0.15) is 12.4 Å². The number of hydrogen-bond donors (Lipinski definition) is 3. The number of carboxylic acid groups (broad SMARTS) is 1. The Hall–Kier alpha value is -2.61. The predicted molar refractivity (Wildman–Crippen MR) is 121 cm³/mol. The Morgan fingerprint density at radius 1 is 1.09 bits per heavy atom. The van der Waals surface area contributed by atoms with Crippen molar-refractivity contribution < 1.29 is 28.6 Å². The molecule has 3 saturated carbocycles. The van der Waals surface area contributed by atoms with Crippen molar-refractivity contribution in [3.8, 4) is 5.75 Å². The predicted octanol–water partition coefficient (Wildman–Crippen LogP) is 4.07. The van der Waals surface area contributed by atoms with Crippen LogP contribution in [0.3, 0.4) is 0 Å². The zero-order valence-electron chi connectivity index (χ0n) is 18.9. The monoisotopic (exact) mass is 460 g/mol.